The Kier molecular flexibility index (Phi) is 9.09. The van der Waals surface area contributed by atoms with Crippen LogP contribution in [0, 0.1) is 13.8 Å². The molecule has 0 aliphatic carbocycles. The lowest BCUT2D eigenvalue weighted by Crippen LogP contribution is -2.28. The first-order valence-corrected chi connectivity index (χ1v) is 12.3. The molecule has 0 bridgehead atoms. The van der Waals surface area contributed by atoms with Gasteiger partial charge in [-0.15, -0.1) is 0 Å². The highest BCUT2D eigenvalue weighted by atomic mass is 16.4. The van der Waals surface area contributed by atoms with E-state index in [1.165, 1.54) is 27.8 Å². The van der Waals surface area contributed by atoms with Crippen molar-refractivity contribution in [3.8, 4) is 0 Å². The van der Waals surface area contributed by atoms with Gasteiger partial charge in [0.05, 0.1) is 5.60 Å². The third-order valence-electron chi connectivity index (χ3n) is 7.78. The van der Waals surface area contributed by atoms with Crippen molar-refractivity contribution in [1.82, 2.24) is 0 Å². The lowest BCUT2D eigenvalue weighted by molar-refractivity contribution is -0.136. The normalized spacial score (nSPS) is 12.2. The minimum absolute atomic E-state index is 0.0625. The lowest BCUT2D eigenvalue weighted by atomic mass is 9.69. The van der Waals surface area contributed by atoms with Gasteiger partial charge in [-0.05, 0) is 92.2 Å². The fourth-order valence-electron chi connectivity index (χ4n) is 4.99. The number of aliphatic carboxylic acids is 1. The van der Waals surface area contributed by atoms with Gasteiger partial charge in [0.15, 0.2) is 0 Å². The zero-order valence-electron chi connectivity index (χ0n) is 20.9. The number of rotatable bonds is 12. The Morgan fingerprint density at radius 1 is 0.781 bits per heavy atom. The van der Waals surface area contributed by atoms with E-state index in [0.29, 0.717) is 6.42 Å². The van der Waals surface area contributed by atoms with E-state index < -0.39 is 11.6 Å². The second-order valence-electron chi connectivity index (χ2n) is 9.40. The Balaban J connectivity index is 2.36. The average molecular weight is 439 g/mol. The maximum absolute atomic E-state index is 11.0. The molecule has 0 aliphatic rings. The number of hydrogen-bond donors (Lipinski definition) is 2. The van der Waals surface area contributed by atoms with Gasteiger partial charge in [0.25, 0.3) is 0 Å². The van der Waals surface area contributed by atoms with Crippen LogP contribution in [0.5, 0.6) is 0 Å². The van der Waals surface area contributed by atoms with E-state index in [1.807, 2.05) is 0 Å². The number of hydrogen-bond acceptors (Lipinski definition) is 2. The van der Waals surface area contributed by atoms with Crippen LogP contribution in [-0.4, -0.2) is 21.8 Å². The first-order valence-electron chi connectivity index (χ1n) is 12.3. The topological polar surface area (TPSA) is 57.5 Å². The first kappa shape index (κ1) is 26.1. The van der Waals surface area contributed by atoms with Gasteiger partial charge < -0.3 is 10.2 Å². The number of aliphatic hydroxyl groups is 1. The average Bonchev–Trinajstić information content (AvgIpc) is 2.78. The Morgan fingerprint density at radius 3 is 1.62 bits per heavy atom. The van der Waals surface area contributed by atoms with Gasteiger partial charge in [-0.3, -0.25) is 4.79 Å². The number of carboxylic acid groups (broad SMARTS) is 1. The molecular formula is C29H42O3. The predicted molar refractivity (Wildman–Crippen MR) is 134 cm³/mol. The van der Waals surface area contributed by atoms with E-state index in [4.69, 9.17) is 5.11 Å². The van der Waals surface area contributed by atoms with E-state index in [-0.39, 0.29) is 11.8 Å². The molecule has 2 rings (SSSR count). The summed E-state index contributed by atoms with van der Waals surface area (Å²) in [6.45, 7) is 12.9. The standard InChI is InChI=1S/C29H42O3/c1-7-28(32,8-2)18-17-24-12-15-26(20-22(24)6)29(9-3,10-4)25-14-11-23(21(5)19-25)13-16-27(30)31/h11-12,14-15,19-20,32H,7-10,13,16-18H2,1-6H3,(H,30,31). The number of carbonyl (C=O) groups is 1. The Labute approximate surface area is 194 Å². The fraction of sp³-hybridized carbons (Fsp3) is 0.552. The molecule has 3 nitrogen and oxygen atoms in total. The van der Waals surface area contributed by atoms with Gasteiger partial charge in [0, 0.05) is 11.8 Å². The molecule has 0 aliphatic heterocycles. The molecule has 0 fully saturated rings. The summed E-state index contributed by atoms with van der Waals surface area (Å²) in [4.78, 5) is 11.0. The monoisotopic (exact) mass is 438 g/mol. The zero-order valence-corrected chi connectivity index (χ0v) is 20.9. The van der Waals surface area contributed by atoms with Crippen LogP contribution in [0.3, 0.4) is 0 Å². The highest BCUT2D eigenvalue weighted by molar-refractivity contribution is 5.67. The van der Waals surface area contributed by atoms with Gasteiger partial charge in [-0.1, -0.05) is 64.1 Å². The quantitative estimate of drug-likeness (QED) is 0.378. The largest absolute Gasteiger partial charge is 0.481 e. The molecule has 0 saturated heterocycles. The molecule has 2 aromatic carbocycles. The van der Waals surface area contributed by atoms with Crippen LogP contribution in [0.15, 0.2) is 36.4 Å². The maximum Gasteiger partial charge on any atom is 0.303 e. The van der Waals surface area contributed by atoms with Gasteiger partial charge >= 0.3 is 5.97 Å². The van der Waals surface area contributed by atoms with Crippen LogP contribution in [0.2, 0.25) is 0 Å². The second-order valence-corrected chi connectivity index (χ2v) is 9.40. The highest BCUT2D eigenvalue weighted by Gasteiger charge is 2.31. The minimum Gasteiger partial charge on any atom is -0.481 e. The summed E-state index contributed by atoms with van der Waals surface area (Å²) in [5.41, 5.74) is 6.90. The van der Waals surface area contributed by atoms with Crippen molar-refractivity contribution in [1.29, 1.82) is 0 Å². The summed E-state index contributed by atoms with van der Waals surface area (Å²) >= 11 is 0. The smallest absolute Gasteiger partial charge is 0.303 e. The molecule has 0 radical (unpaired) electrons. The van der Waals surface area contributed by atoms with Crippen molar-refractivity contribution in [2.45, 2.75) is 104 Å². The number of benzene rings is 2. The van der Waals surface area contributed by atoms with Crippen molar-refractivity contribution in [3.63, 3.8) is 0 Å². The molecule has 176 valence electrons. The van der Waals surface area contributed by atoms with Crippen molar-refractivity contribution in [2.75, 3.05) is 0 Å². The molecule has 0 heterocycles. The van der Waals surface area contributed by atoms with Gasteiger partial charge in [-0.2, -0.15) is 0 Å². The maximum atomic E-state index is 11.0. The van der Waals surface area contributed by atoms with E-state index in [0.717, 1.165) is 44.1 Å². The molecule has 0 unspecified atom stereocenters. The Hall–Kier alpha value is -2.13. The molecule has 32 heavy (non-hydrogen) atoms. The molecule has 0 aromatic heterocycles. The van der Waals surface area contributed by atoms with Gasteiger partial charge in [0.2, 0.25) is 0 Å². The first-order chi connectivity index (χ1) is 15.1. The van der Waals surface area contributed by atoms with Crippen LogP contribution in [0.1, 0.15) is 99.6 Å². The molecular weight excluding hydrogens is 396 g/mol. The zero-order chi connectivity index (χ0) is 23.9. The van der Waals surface area contributed by atoms with Gasteiger partial charge in [0.1, 0.15) is 0 Å². The summed E-state index contributed by atoms with van der Waals surface area (Å²) < 4.78 is 0. The third kappa shape index (κ3) is 5.81. The lowest BCUT2D eigenvalue weighted by Gasteiger charge is -2.34. The van der Waals surface area contributed by atoms with E-state index in [2.05, 4.69) is 77.9 Å². The highest BCUT2D eigenvalue weighted by Crippen LogP contribution is 2.40. The van der Waals surface area contributed by atoms with E-state index >= 15 is 0 Å². The van der Waals surface area contributed by atoms with Crippen LogP contribution < -0.4 is 0 Å². The Bertz CT molecular complexity index is 905. The van der Waals surface area contributed by atoms with E-state index in [9.17, 15) is 9.90 Å². The molecule has 0 amide bonds. The van der Waals surface area contributed by atoms with Crippen LogP contribution in [0.25, 0.3) is 0 Å². The van der Waals surface area contributed by atoms with Gasteiger partial charge in [-0.25, -0.2) is 0 Å². The SMILES string of the molecule is CCC(O)(CC)CCc1ccc(C(CC)(CC)c2ccc(CCC(=O)O)c(C)c2)cc1C. The van der Waals surface area contributed by atoms with Crippen molar-refractivity contribution in [2.24, 2.45) is 0 Å². The summed E-state index contributed by atoms with van der Waals surface area (Å²) in [7, 11) is 0. The second kappa shape index (κ2) is 11.1. The van der Waals surface area contributed by atoms with Crippen LogP contribution >= 0.6 is 0 Å². The van der Waals surface area contributed by atoms with Crippen molar-refractivity contribution in [3.05, 3.63) is 69.8 Å². The number of aryl methyl sites for hydroxylation is 4. The molecule has 0 saturated carbocycles. The van der Waals surface area contributed by atoms with Crippen molar-refractivity contribution >= 4 is 5.97 Å². The number of carboxylic acids is 1. The summed E-state index contributed by atoms with van der Waals surface area (Å²) in [6, 6.07) is 13.4. The summed E-state index contributed by atoms with van der Waals surface area (Å²) in [5.74, 6) is -0.753. The summed E-state index contributed by atoms with van der Waals surface area (Å²) in [5, 5.41) is 19.7. The predicted octanol–water partition coefficient (Wildman–Crippen LogP) is 6.91. The molecule has 2 N–H and O–H groups in total. The van der Waals surface area contributed by atoms with Crippen LogP contribution in [-0.2, 0) is 23.1 Å². The third-order valence-corrected chi connectivity index (χ3v) is 7.78. The fourth-order valence-corrected chi connectivity index (χ4v) is 4.99. The molecule has 2 aromatic rings. The minimum atomic E-state index is -0.753. The molecule has 0 atom stereocenters. The molecule has 3 heteroatoms. The van der Waals surface area contributed by atoms with Crippen LogP contribution in [0.4, 0.5) is 0 Å². The Morgan fingerprint density at radius 2 is 1.25 bits per heavy atom. The summed E-state index contributed by atoms with van der Waals surface area (Å²) in [6.07, 6.45) is 6.01. The van der Waals surface area contributed by atoms with Crippen molar-refractivity contribution < 1.29 is 15.0 Å². The van der Waals surface area contributed by atoms with E-state index in [1.54, 1.807) is 0 Å². The molecule has 0 spiro atoms.